The van der Waals surface area contributed by atoms with Crippen molar-refractivity contribution in [3.05, 3.63) is 63.6 Å². The summed E-state index contributed by atoms with van der Waals surface area (Å²) in [5, 5.41) is 3.41. The maximum atomic E-state index is 13.0. The van der Waals surface area contributed by atoms with E-state index in [1.165, 1.54) is 11.8 Å². The number of thiophene rings is 1. The number of aromatic nitrogens is 3. The van der Waals surface area contributed by atoms with Crippen LogP contribution in [0.5, 0.6) is 0 Å². The fourth-order valence-corrected chi connectivity index (χ4v) is 4.65. The summed E-state index contributed by atoms with van der Waals surface area (Å²) in [7, 11) is 0. The minimum absolute atomic E-state index is 0.0256. The van der Waals surface area contributed by atoms with Crippen molar-refractivity contribution in [3.8, 4) is 10.8 Å². The zero-order chi connectivity index (χ0) is 19.5. The van der Waals surface area contributed by atoms with E-state index in [1.807, 2.05) is 48.7 Å². The molecule has 0 saturated carbocycles. The number of fused-ring (bicyclic) bond motifs is 1. The zero-order valence-corrected chi connectivity index (χ0v) is 17.5. The highest BCUT2D eigenvalue weighted by atomic mass is 32.2. The van der Waals surface area contributed by atoms with Gasteiger partial charge in [0.05, 0.1) is 21.5 Å². The molecule has 0 N–H and O–H groups in total. The summed E-state index contributed by atoms with van der Waals surface area (Å²) in [5.74, 6) is 2.06. The maximum absolute atomic E-state index is 13.0. The quantitative estimate of drug-likeness (QED) is 0.296. The van der Waals surface area contributed by atoms with Crippen molar-refractivity contribution in [2.75, 3.05) is 0 Å². The van der Waals surface area contributed by atoms with Gasteiger partial charge < -0.3 is 4.42 Å². The lowest BCUT2D eigenvalue weighted by Crippen LogP contribution is -2.23. The standard InChI is InChI=1S/C21H21N3O2S2/c1-3-4-11-24-20(25)15-8-5-6-9-16(15)23-21(24)28-13-17-14(2)26-19(22-17)18-10-7-12-27-18/h5-10,12H,3-4,11,13H2,1-2H3. The molecule has 0 amide bonds. The number of para-hydroxylation sites is 1. The van der Waals surface area contributed by atoms with Gasteiger partial charge in [0, 0.05) is 12.3 Å². The highest BCUT2D eigenvalue weighted by Crippen LogP contribution is 2.29. The molecule has 3 heterocycles. The van der Waals surface area contributed by atoms with Crippen LogP contribution in [0.15, 0.2) is 56.1 Å². The first-order chi connectivity index (χ1) is 13.7. The van der Waals surface area contributed by atoms with Crippen LogP contribution in [-0.2, 0) is 12.3 Å². The molecule has 144 valence electrons. The van der Waals surface area contributed by atoms with Crippen molar-refractivity contribution in [2.24, 2.45) is 0 Å². The van der Waals surface area contributed by atoms with Crippen LogP contribution < -0.4 is 5.56 Å². The summed E-state index contributed by atoms with van der Waals surface area (Å²) < 4.78 is 7.63. The number of hydrogen-bond acceptors (Lipinski definition) is 6. The van der Waals surface area contributed by atoms with Gasteiger partial charge in [-0.3, -0.25) is 9.36 Å². The van der Waals surface area contributed by atoms with Crippen LogP contribution in [0.1, 0.15) is 31.2 Å². The van der Waals surface area contributed by atoms with Crippen LogP contribution >= 0.6 is 23.1 Å². The molecule has 1 aromatic carbocycles. The van der Waals surface area contributed by atoms with Gasteiger partial charge in [-0.25, -0.2) is 9.97 Å². The number of nitrogens with zero attached hydrogens (tertiary/aromatic N) is 3. The first kappa shape index (κ1) is 19.0. The van der Waals surface area contributed by atoms with Crippen LogP contribution in [0.3, 0.4) is 0 Å². The number of benzene rings is 1. The van der Waals surface area contributed by atoms with Crippen LogP contribution in [0.2, 0.25) is 0 Å². The Kier molecular flexibility index (Phi) is 5.64. The van der Waals surface area contributed by atoms with E-state index in [0.717, 1.165) is 39.8 Å². The summed E-state index contributed by atoms with van der Waals surface area (Å²) in [6.07, 6.45) is 1.97. The Morgan fingerprint density at radius 1 is 1.18 bits per heavy atom. The minimum Gasteiger partial charge on any atom is -0.440 e. The van der Waals surface area contributed by atoms with Crippen LogP contribution in [-0.4, -0.2) is 14.5 Å². The molecule has 7 heteroatoms. The molecule has 0 aliphatic heterocycles. The molecule has 0 atom stereocenters. The second-order valence-electron chi connectivity index (χ2n) is 6.51. The van der Waals surface area contributed by atoms with Crippen molar-refractivity contribution in [1.82, 2.24) is 14.5 Å². The maximum Gasteiger partial charge on any atom is 0.262 e. The summed E-state index contributed by atoms with van der Waals surface area (Å²) in [6.45, 7) is 4.73. The van der Waals surface area contributed by atoms with E-state index in [4.69, 9.17) is 9.40 Å². The Bertz CT molecular complexity index is 1150. The molecule has 0 unspecified atom stereocenters. The number of thioether (sulfide) groups is 1. The van der Waals surface area contributed by atoms with Gasteiger partial charge in [0.15, 0.2) is 5.16 Å². The molecule has 0 bridgehead atoms. The Labute approximate surface area is 171 Å². The van der Waals surface area contributed by atoms with Crippen molar-refractivity contribution in [2.45, 2.75) is 44.1 Å². The van der Waals surface area contributed by atoms with E-state index in [-0.39, 0.29) is 5.56 Å². The molecule has 4 rings (SSSR count). The number of rotatable bonds is 7. The fraction of sp³-hybridized carbons (Fsp3) is 0.286. The summed E-state index contributed by atoms with van der Waals surface area (Å²) >= 11 is 3.14. The largest absolute Gasteiger partial charge is 0.440 e. The van der Waals surface area contributed by atoms with Gasteiger partial charge in [-0.05, 0) is 36.9 Å². The van der Waals surface area contributed by atoms with E-state index in [2.05, 4.69) is 11.9 Å². The number of hydrogen-bond donors (Lipinski definition) is 0. The zero-order valence-electron chi connectivity index (χ0n) is 15.8. The van der Waals surface area contributed by atoms with Crippen LogP contribution in [0, 0.1) is 6.92 Å². The Morgan fingerprint density at radius 3 is 2.82 bits per heavy atom. The van der Waals surface area contributed by atoms with E-state index in [1.54, 1.807) is 15.9 Å². The highest BCUT2D eigenvalue weighted by Gasteiger charge is 2.15. The average Bonchev–Trinajstić information content (AvgIpc) is 3.36. The summed E-state index contributed by atoms with van der Waals surface area (Å²) in [5.41, 5.74) is 1.65. The van der Waals surface area contributed by atoms with E-state index in [0.29, 0.717) is 23.6 Å². The van der Waals surface area contributed by atoms with E-state index >= 15 is 0 Å². The monoisotopic (exact) mass is 411 g/mol. The summed E-state index contributed by atoms with van der Waals surface area (Å²) in [6, 6.07) is 11.5. The van der Waals surface area contributed by atoms with Crippen molar-refractivity contribution < 1.29 is 4.42 Å². The molecular weight excluding hydrogens is 390 g/mol. The molecule has 3 aromatic heterocycles. The Hall–Kier alpha value is -2.38. The highest BCUT2D eigenvalue weighted by molar-refractivity contribution is 7.98. The van der Waals surface area contributed by atoms with Gasteiger partial charge in [0.2, 0.25) is 5.89 Å². The minimum atomic E-state index is 0.0256. The third-order valence-corrected chi connectivity index (χ3v) is 6.37. The number of unbranched alkanes of at least 4 members (excludes halogenated alkanes) is 1. The first-order valence-electron chi connectivity index (χ1n) is 9.30. The number of aryl methyl sites for hydroxylation is 1. The fourth-order valence-electron chi connectivity index (χ4n) is 2.97. The predicted octanol–water partition coefficient (Wildman–Crippen LogP) is 5.51. The van der Waals surface area contributed by atoms with Gasteiger partial charge >= 0.3 is 0 Å². The molecule has 4 aromatic rings. The molecule has 5 nitrogen and oxygen atoms in total. The van der Waals surface area contributed by atoms with Crippen molar-refractivity contribution in [1.29, 1.82) is 0 Å². The van der Waals surface area contributed by atoms with Gasteiger partial charge in [0.25, 0.3) is 5.56 Å². The second kappa shape index (κ2) is 8.32. The SMILES string of the molecule is CCCCn1c(SCc2nc(-c3cccs3)oc2C)nc2ccccc2c1=O. The smallest absolute Gasteiger partial charge is 0.262 e. The van der Waals surface area contributed by atoms with E-state index < -0.39 is 0 Å². The molecule has 28 heavy (non-hydrogen) atoms. The third kappa shape index (κ3) is 3.77. The molecule has 0 spiro atoms. The van der Waals surface area contributed by atoms with Crippen LogP contribution in [0.4, 0.5) is 0 Å². The van der Waals surface area contributed by atoms with Gasteiger partial charge in [0.1, 0.15) is 5.76 Å². The topological polar surface area (TPSA) is 60.9 Å². The van der Waals surface area contributed by atoms with Crippen molar-refractivity contribution >= 4 is 34.0 Å². The average molecular weight is 412 g/mol. The lowest BCUT2D eigenvalue weighted by atomic mass is 10.2. The lowest BCUT2D eigenvalue weighted by Gasteiger charge is -2.12. The molecule has 0 fully saturated rings. The molecule has 0 radical (unpaired) electrons. The Balaban J connectivity index is 1.65. The third-order valence-electron chi connectivity index (χ3n) is 4.52. The van der Waals surface area contributed by atoms with Gasteiger partial charge in [-0.2, -0.15) is 0 Å². The lowest BCUT2D eigenvalue weighted by molar-refractivity contribution is 0.541. The summed E-state index contributed by atoms with van der Waals surface area (Å²) in [4.78, 5) is 23.4. The molecular formula is C21H21N3O2S2. The second-order valence-corrected chi connectivity index (χ2v) is 8.40. The van der Waals surface area contributed by atoms with Crippen LogP contribution in [0.25, 0.3) is 21.7 Å². The molecule has 0 saturated heterocycles. The van der Waals surface area contributed by atoms with Crippen molar-refractivity contribution in [3.63, 3.8) is 0 Å². The van der Waals surface area contributed by atoms with Gasteiger partial charge in [-0.15, -0.1) is 11.3 Å². The molecule has 0 aliphatic carbocycles. The first-order valence-corrected chi connectivity index (χ1v) is 11.2. The predicted molar refractivity (Wildman–Crippen MR) is 115 cm³/mol. The molecule has 0 aliphatic rings. The normalized spacial score (nSPS) is 11.4. The number of oxazole rings is 1. The Morgan fingerprint density at radius 2 is 2.04 bits per heavy atom. The van der Waals surface area contributed by atoms with Gasteiger partial charge in [-0.1, -0.05) is 43.3 Å². The van der Waals surface area contributed by atoms with E-state index in [9.17, 15) is 4.79 Å².